The van der Waals surface area contributed by atoms with Gasteiger partial charge in [-0.2, -0.15) is 0 Å². The topological polar surface area (TPSA) is 25.2 Å². The van der Waals surface area contributed by atoms with E-state index in [0.717, 1.165) is 22.3 Å². The summed E-state index contributed by atoms with van der Waals surface area (Å²) in [5.74, 6) is -0.477. The maximum Gasteiger partial charge on any atom is 0.254 e. The summed E-state index contributed by atoms with van der Waals surface area (Å²) in [7, 11) is 0. The van der Waals surface area contributed by atoms with Crippen LogP contribution in [0.15, 0.2) is 102 Å². The molecule has 0 saturated heterocycles. The van der Waals surface area contributed by atoms with E-state index in [0.29, 0.717) is 18.7 Å². The number of hydrogen-bond acceptors (Lipinski definition) is 1. The Morgan fingerprint density at radius 2 is 1.52 bits per heavy atom. The molecule has 0 aliphatic heterocycles. The lowest BCUT2D eigenvalue weighted by Crippen LogP contribution is -2.31. The van der Waals surface area contributed by atoms with Crippen LogP contribution in [0.5, 0.6) is 0 Å². The van der Waals surface area contributed by atoms with E-state index in [2.05, 4.69) is 32.6 Å². The van der Waals surface area contributed by atoms with Crippen molar-refractivity contribution >= 4 is 21.8 Å². The number of nitrogens with zero attached hydrogens (tertiary/aromatic N) is 2. The van der Waals surface area contributed by atoms with Gasteiger partial charge in [0.25, 0.3) is 5.91 Å². The first-order valence-corrected chi connectivity index (χ1v) is 10.8. The highest BCUT2D eigenvalue weighted by Gasteiger charge is 2.18. The quantitative estimate of drug-likeness (QED) is 0.308. The minimum atomic E-state index is -0.352. The van der Waals surface area contributed by atoms with Crippen LogP contribution in [0.25, 0.3) is 0 Å². The second kappa shape index (κ2) is 9.75. The molecule has 0 spiro atoms. The molecule has 4 aromatic rings. The predicted molar refractivity (Wildman–Crippen MR) is 124 cm³/mol. The van der Waals surface area contributed by atoms with Crippen molar-refractivity contribution in [3.63, 3.8) is 0 Å². The summed E-state index contributed by atoms with van der Waals surface area (Å²) in [5.41, 5.74) is 3.74. The zero-order chi connectivity index (χ0) is 21.6. The minimum Gasteiger partial charge on any atom is -0.345 e. The molecule has 1 aromatic heterocycles. The molecule has 0 aliphatic rings. The highest BCUT2D eigenvalue weighted by molar-refractivity contribution is 9.10. The van der Waals surface area contributed by atoms with E-state index in [9.17, 15) is 9.18 Å². The first-order valence-electron chi connectivity index (χ1n) is 10.1. The third-order valence-electron chi connectivity index (χ3n) is 5.14. The maximum absolute atomic E-state index is 13.4. The highest BCUT2D eigenvalue weighted by atomic mass is 79.9. The zero-order valence-electron chi connectivity index (χ0n) is 16.9. The summed E-state index contributed by atoms with van der Waals surface area (Å²) in [6, 6.07) is 27.9. The maximum atomic E-state index is 13.4. The van der Waals surface area contributed by atoms with Gasteiger partial charge < -0.3 is 9.47 Å². The lowest BCUT2D eigenvalue weighted by molar-refractivity contribution is 0.0726. The summed E-state index contributed by atoms with van der Waals surface area (Å²) in [4.78, 5) is 15.1. The van der Waals surface area contributed by atoms with Gasteiger partial charge in [0.15, 0.2) is 0 Å². The molecule has 0 unspecified atom stereocenters. The third kappa shape index (κ3) is 5.50. The number of rotatable bonds is 7. The molecule has 0 radical (unpaired) electrons. The number of hydrogen-bond donors (Lipinski definition) is 0. The molecule has 3 aromatic carbocycles. The molecule has 5 heteroatoms. The van der Waals surface area contributed by atoms with E-state index in [1.54, 1.807) is 4.90 Å². The smallest absolute Gasteiger partial charge is 0.254 e. The average molecular weight is 477 g/mol. The second-order valence-corrected chi connectivity index (χ2v) is 8.32. The van der Waals surface area contributed by atoms with Crippen LogP contribution in [0.4, 0.5) is 4.39 Å². The van der Waals surface area contributed by atoms with Crippen molar-refractivity contribution in [1.82, 2.24) is 9.47 Å². The molecule has 4 rings (SSSR count). The Hall–Kier alpha value is -3.18. The summed E-state index contributed by atoms with van der Waals surface area (Å²) >= 11 is 3.47. The molecule has 156 valence electrons. The van der Waals surface area contributed by atoms with Crippen molar-refractivity contribution in [3.05, 3.63) is 130 Å². The molecule has 0 aliphatic carbocycles. The second-order valence-electron chi connectivity index (χ2n) is 7.41. The summed E-state index contributed by atoms with van der Waals surface area (Å²) in [5, 5.41) is 0. The third-order valence-corrected chi connectivity index (χ3v) is 5.67. The van der Waals surface area contributed by atoms with Gasteiger partial charge in [0.05, 0.1) is 6.54 Å². The molecule has 1 heterocycles. The summed E-state index contributed by atoms with van der Waals surface area (Å²) < 4.78 is 16.6. The van der Waals surface area contributed by atoms with Gasteiger partial charge >= 0.3 is 0 Å². The molecule has 1 amide bonds. The molecular formula is C26H22BrFN2O. The number of halogens is 2. The number of aromatic nitrogens is 1. The first kappa shape index (κ1) is 21.1. The van der Waals surface area contributed by atoms with Gasteiger partial charge in [0.1, 0.15) is 5.82 Å². The van der Waals surface area contributed by atoms with Crippen molar-refractivity contribution in [2.24, 2.45) is 0 Å². The van der Waals surface area contributed by atoms with Crippen LogP contribution in [0.2, 0.25) is 0 Å². The Labute approximate surface area is 189 Å². The largest absolute Gasteiger partial charge is 0.345 e. The van der Waals surface area contributed by atoms with E-state index >= 15 is 0 Å². The van der Waals surface area contributed by atoms with Gasteiger partial charge in [0.2, 0.25) is 0 Å². The van der Waals surface area contributed by atoms with Gasteiger partial charge in [-0.25, -0.2) is 4.39 Å². The normalized spacial score (nSPS) is 10.8. The zero-order valence-corrected chi connectivity index (χ0v) is 18.5. The van der Waals surface area contributed by atoms with Crippen LogP contribution in [0.3, 0.4) is 0 Å². The first-order chi connectivity index (χ1) is 15.1. The van der Waals surface area contributed by atoms with E-state index in [-0.39, 0.29) is 11.7 Å². The van der Waals surface area contributed by atoms with Crippen LogP contribution >= 0.6 is 15.9 Å². The van der Waals surface area contributed by atoms with Crippen LogP contribution < -0.4 is 0 Å². The Bertz CT molecular complexity index is 1140. The molecule has 0 N–H and O–H groups in total. The van der Waals surface area contributed by atoms with Crippen LogP contribution in [0.1, 0.15) is 27.2 Å². The fraction of sp³-hybridized carbons (Fsp3) is 0.115. The van der Waals surface area contributed by atoms with Crippen LogP contribution in [-0.2, 0) is 19.6 Å². The van der Waals surface area contributed by atoms with E-state index in [4.69, 9.17) is 0 Å². The van der Waals surface area contributed by atoms with Crippen molar-refractivity contribution in [3.8, 4) is 0 Å². The monoisotopic (exact) mass is 476 g/mol. The SMILES string of the molecule is O=C(c1ccc(F)cc1)N(Cc1ccccc1)Cc1cccn1Cc1ccc(Br)cc1. The van der Waals surface area contributed by atoms with E-state index < -0.39 is 0 Å². The van der Waals surface area contributed by atoms with Gasteiger partial charge in [-0.15, -0.1) is 0 Å². The fourth-order valence-corrected chi connectivity index (χ4v) is 3.77. The van der Waals surface area contributed by atoms with Gasteiger partial charge in [0, 0.05) is 35.0 Å². The molecule has 0 atom stereocenters. The Kier molecular flexibility index (Phi) is 6.63. The van der Waals surface area contributed by atoms with Gasteiger partial charge in [-0.3, -0.25) is 4.79 Å². The number of carbonyl (C=O) groups is 1. The van der Waals surface area contributed by atoms with Crippen molar-refractivity contribution in [2.45, 2.75) is 19.6 Å². The Balaban J connectivity index is 1.59. The predicted octanol–water partition coefficient (Wildman–Crippen LogP) is 6.28. The number of benzene rings is 3. The minimum absolute atomic E-state index is 0.125. The molecule has 3 nitrogen and oxygen atoms in total. The molecular weight excluding hydrogens is 455 g/mol. The van der Waals surface area contributed by atoms with Gasteiger partial charge in [-0.1, -0.05) is 58.4 Å². The molecule has 0 saturated carbocycles. The highest BCUT2D eigenvalue weighted by Crippen LogP contribution is 2.17. The van der Waals surface area contributed by atoms with Gasteiger partial charge in [-0.05, 0) is 59.7 Å². The number of amides is 1. The van der Waals surface area contributed by atoms with E-state index in [1.165, 1.54) is 29.8 Å². The van der Waals surface area contributed by atoms with Crippen molar-refractivity contribution in [2.75, 3.05) is 0 Å². The Morgan fingerprint density at radius 3 is 2.23 bits per heavy atom. The Morgan fingerprint density at radius 1 is 0.806 bits per heavy atom. The summed E-state index contributed by atoms with van der Waals surface area (Å²) in [6.45, 7) is 1.65. The lowest BCUT2D eigenvalue weighted by atomic mass is 10.1. The fourth-order valence-electron chi connectivity index (χ4n) is 3.51. The van der Waals surface area contributed by atoms with E-state index in [1.807, 2.05) is 60.8 Å². The molecule has 31 heavy (non-hydrogen) atoms. The van der Waals surface area contributed by atoms with Crippen molar-refractivity contribution in [1.29, 1.82) is 0 Å². The van der Waals surface area contributed by atoms with Crippen molar-refractivity contribution < 1.29 is 9.18 Å². The summed E-state index contributed by atoms with van der Waals surface area (Å²) in [6.07, 6.45) is 2.03. The lowest BCUT2D eigenvalue weighted by Gasteiger charge is -2.24. The molecule has 0 fully saturated rings. The van der Waals surface area contributed by atoms with Crippen LogP contribution in [0, 0.1) is 5.82 Å². The standard InChI is InChI=1S/C26H22BrFN2O/c27-23-12-8-21(9-13-23)17-29-16-4-7-25(29)19-30(18-20-5-2-1-3-6-20)26(31)22-10-14-24(28)15-11-22/h1-16H,17-19H2. The van der Waals surface area contributed by atoms with Crippen LogP contribution in [-0.4, -0.2) is 15.4 Å². The average Bonchev–Trinajstić information content (AvgIpc) is 3.22. The molecule has 0 bridgehead atoms. The number of carbonyl (C=O) groups excluding carboxylic acids is 1.